The van der Waals surface area contributed by atoms with Gasteiger partial charge in [0.25, 0.3) is 0 Å². The minimum Gasteiger partial charge on any atom is -0.504 e. The molecule has 2 heterocycles. The molecule has 0 fully saturated rings. The van der Waals surface area contributed by atoms with Gasteiger partial charge in [0.05, 0.1) is 18.6 Å². The van der Waals surface area contributed by atoms with Crippen molar-refractivity contribution < 1.29 is 9.90 Å². The van der Waals surface area contributed by atoms with E-state index in [4.69, 9.17) is 0 Å². The van der Waals surface area contributed by atoms with Gasteiger partial charge in [0.15, 0.2) is 12.0 Å². The van der Waals surface area contributed by atoms with E-state index in [9.17, 15) is 9.90 Å². The first-order chi connectivity index (χ1) is 6.83. The third kappa shape index (κ3) is 1.22. The molecule has 0 aliphatic carbocycles. The summed E-state index contributed by atoms with van der Waals surface area (Å²) >= 11 is 0. The van der Waals surface area contributed by atoms with Crippen molar-refractivity contribution in [3.05, 3.63) is 30.6 Å². The summed E-state index contributed by atoms with van der Waals surface area (Å²) in [5, 5.41) is 13.0. The van der Waals surface area contributed by atoms with Gasteiger partial charge in [0, 0.05) is 0 Å². The minimum atomic E-state index is -0.163. The van der Waals surface area contributed by atoms with Gasteiger partial charge >= 0.3 is 0 Å². The van der Waals surface area contributed by atoms with Crippen LogP contribution in [0, 0.1) is 0 Å². The molecule has 14 heavy (non-hydrogen) atoms. The molecule has 0 aliphatic rings. The second kappa shape index (κ2) is 3.25. The van der Waals surface area contributed by atoms with Crippen LogP contribution >= 0.6 is 0 Å². The summed E-state index contributed by atoms with van der Waals surface area (Å²) in [6.07, 6.45) is 6.07. The van der Waals surface area contributed by atoms with Gasteiger partial charge in [0.2, 0.25) is 0 Å². The minimum absolute atomic E-state index is 0.0831. The molecule has 0 spiro atoms. The lowest BCUT2D eigenvalue weighted by molar-refractivity contribution is 0.111. The standard InChI is InChI=1S/C8H6N4O2/c13-4-7-8(14)3-11-12(7)6-1-9-5-10-2-6/h1-5,14H. The highest BCUT2D eigenvalue weighted by Gasteiger charge is 2.10. The van der Waals surface area contributed by atoms with Gasteiger partial charge < -0.3 is 5.11 Å². The summed E-state index contributed by atoms with van der Waals surface area (Å²) in [6.45, 7) is 0. The molecule has 6 nitrogen and oxygen atoms in total. The highest BCUT2D eigenvalue weighted by atomic mass is 16.3. The Morgan fingerprint density at radius 2 is 2.00 bits per heavy atom. The lowest BCUT2D eigenvalue weighted by atomic mass is 10.4. The van der Waals surface area contributed by atoms with E-state index >= 15 is 0 Å². The predicted octanol–water partition coefficient (Wildman–Crippen LogP) is 0.180. The number of aromatic hydroxyl groups is 1. The summed E-state index contributed by atoms with van der Waals surface area (Å²) in [4.78, 5) is 18.2. The van der Waals surface area contributed by atoms with Crippen LogP contribution in [0.2, 0.25) is 0 Å². The Morgan fingerprint density at radius 1 is 1.29 bits per heavy atom. The fourth-order valence-corrected chi connectivity index (χ4v) is 1.07. The molecule has 0 aliphatic heterocycles. The Morgan fingerprint density at radius 3 is 2.64 bits per heavy atom. The number of aromatic nitrogens is 4. The average Bonchev–Trinajstić information content (AvgIpc) is 2.61. The van der Waals surface area contributed by atoms with Crippen molar-refractivity contribution in [3.63, 3.8) is 0 Å². The second-order valence-electron chi connectivity index (χ2n) is 2.54. The number of carbonyl (C=O) groups is 1. The molecule has 0 unspecified atom stereocenters. The van der Waals surface area contributed by atoms with E-state index in [1.807, 2.05) is 0 Å². The molecule has 2 aromatic rings. The van der Waals surface area contributed by atoms with Crippen molar-refractivity contribution in [2.24, 2.45) is 0 Å². The van der Waals surface area contributed by atoms with Crippen LogP contribution in [0.1, 0.15) is 10.5 Å². The molecule has 0 aromatic carbocycles. The molecule has 70 valence electrons. The fourth-order valence-electron chi connectivity index (χ4n) is 1.07. The Kier molecular flexibility index (Phi) is 1.94. The number of hydrogen-bond acceptors (Lipinski definition) is 5. The van der Waals surface area contributed by atoms with Crippen LogP contribution in [0.5, 0.6) is 5.75 Å². The van der Waals surface area contributed by atoms with E-state index in [-0.39, 0.29) is 11.4 Å². The van der Waals surface area contributed by atoms with Crippen LogP contribution in [0.4, 0.5) is 0 Å². The number of nitrogens with zero attached hydrogens (tertiary/aromatic N) is 4. The molecule has 6 heteroatoms. The van der Waals surface area contributed by atoms with Gasteiger partial charge in [0.1, 0.15) is 17.7 Å². The van der Waals surface area contributed by atoms with E-state index in [0.29, 0.717) is 12.0 Å². The normalized spacial score (nSPS) is 10.0. The van der Waals surface area contributed by atoms with Crippen molar-refractivity contribution >= 4 is 6.29 Å². The zero-order valence-electron chi connectivity index (χ0n) is 7.03. The first-order valence-electron chi connectivity index (χ1n) is 3.80. The molecule has 2 aromatic heterocycles. The molecular formula is C8H6N4O2. The number of aldehydes is 1. The van der Waals surface area contributed by atoms with Crippen molar-refractivity contribution in [2.75, 3.05) is 0 Å². The summed E-state index contributed by atoms with van der Waals surface area (Å²) in [5.74, 6) is -0.163. The SMILES string of the molecule is O=Cc1c(O)cnn1-c1cncnc1. The van der Waals surface area contributed by atoms with Crippen LogP contribution in [-0.4, -0.2) is 31.1 Å². The van der Waals surface area contributed by atoms with Crippen LogP contribution in [-0.2, 0) is 0 Å². The van der Waals surface area contributed by atoms with E-state index in [2.05, 4.69) is 15.1 Å². The quantitative estimate of drug-likeness (QED) is 0.683. The van der Waals surface area contributed by atoms with Crippen molar-refractivity contribution in [2.45, 2.75) is 0 Å². The summed E-state index contributed by atoms with van der Waals surface area (Å²) < 4.78 is 1.27. The van der Waals surface area contributed by atoms with Crippen LogP contribution in [0.3, 0.4) is 0 Å². The molecule has 0 amide bonds. The molecular weight excluding hydrogens is 184 g/mol. The van der Waals surface area contributed by atoms with Gasteiger partial charge in [-0.15, -0.1) is 0 Å². The lowest BCUT2D eigenvalue weighted by Crippen LogP contribution is -2.01. The number of hydrogen-bond donors (Lipinski definition) is 1. The molecule has 2 rings (SSSR count). The zero-order chi connectivity index (χ0) is 9.97. The largest absolute Gasteiger partial charge is 0.504 e. The van der Waals surface area contributed by atoms with Gasteiger partial charge in [-0.1, -0.05) is 0 Å². The van der Waals surface area contributed by atoms with Crippen LogP contribution < -0.4 is 0 Å². The Bertz CT molecular complexity index is 452. The number of carbonyl (C=O) groups excluding carboxylic acids is 1. The van der Waals surface area contributed by atoms with Crippen molar-refractivity contribution in [1.82, 2.24) is 19.7 Å². The van der Waals surface area contributed by atoms with E-state index in [1.54, 1.807) is 0 Å². The Balaban J connectivity index is 2.57. The van der Waals surface area contributed by atoms with E-state index < -0.39 is 0 Å². The van der Waals surface area contributed by atoms with E-state index in [0.717, 1.165) is 0 Å². The molecule has 1 N–H and O–H groups in total. The summed E-state index contributed by atoms with van der Waals surface area (Å²) in [6, 6.07) is 0. The van der Waals surface area contributed by atoms with Gasteiger partial charge in [-0.05, 0) is 0 Å². The third-order valence-electron chi connectivity index (χ3n) is 1.69. The summed E-state index contributed by atoms with van der Waals surface area (Å²) in [7, 11) is 0. The fraction of sp³-hybridized carbons (Fsp3) is 0. The smallest absolute Gasteiger partial charge is 0.172 e. The number of rotatable bonds is 2. The molecule has 0 saturated carbocycles. The molecule has 0 bridgehead atoms. The Labute approximate surface area is 78.9 Å². The maximum Gasteiger partial charge on any atom is 0.172 e. The predicted molar refractivity (Wildman–Crippen MR) is 46.2 cm³/mol. The first-order valence-corrected chi connectivity index (χ1v) is 3.80. The first kappa shape index (κ1) is 8.36. The van der Waals surface area contributed by atoms with E-state index in [1.165, 1.54) is 29.6 Å². The highest BCUT2D eigenvalue weighted by Crippen LogP contribution is 2.16. The molecule has 0 atom stereocenters. The molecule has 0 radical (unpaired) electrons. The Hall–Kier alpha value is -2.24. The lowest BCUT2D eigenvalue weighted by Gasteiger charge is -2.00. The highest BCUT2D eigenvalue weighted by molar-refractivity contribution is 5.77. The zero-order valence-corrected chi connectivity index (χ0v) is 7.03. The summed E-state index contributed by atoms with van der Waals surface area (Å²) in [5.41, 5.74) is 0.606. The topological polar surface area (TPSA) is 80.9 Å². The van der Waals surface area contributed by atoms with Crippen LogP contribution in [0.15, 0.2) is 24.9 Å². The molecule has 0 saturated heterocycles. The van der Waals surface area contributed by atoms with Crippen LogP contribution in [0.25, 0.3) is 5.69 Å². The van der Waals surface area contributed by atoms with Crippen molar-refractivity contribution in [3.8, 4) is 11.4 Å². The van der Waals surface area contributed by atoms with Crippen molar-refractivity contribution in [1.29, 1.82) is 0 Å². The average molecular weight is 190 g/mol. The van der Waals surface area contributed by atoms with Gasteiger partial charge in [-0.3, -0.25) is 4.79 Å². The van der Waals surface area contributed by atoms with Gasteiger partial charge in [-0.2, -0.15) is 5.10 Å². The van der Waals surface area contributed by atoms with Gasteiger partial charge in [-0.25, -0.2) is 14.6 Å². The second-order valence-corrected chi connectivity index (χ2v) is 2.54. The maximum absolute atomic E-state index is 10.6. The maximum atomic E-state index is 10.6. The third-order valence-corrected chi connectivity index (χ3v) is 1.69. The monoisotopic (exact) mass is 190 g/mol.